The average Bonchev–Trinajstić information content (AvgIpc) is 3.31. The first-order valence-corrected chi connectivity index (χ1v) is 7.43. The summed E-state index contributed by atoms with van der Waals surface area (Å²) in [4.78, 5) is 11.7. The van der Waals surface area contributed by atoms with Crippen molar-refractivity contribution in [3.8, 4) is 11.5 Å². The molecule has 0 aromatic heterocycles. The number of hydrogen-bond donors (Lipinski definition) is 1. The minimum absolute atomic E-state index is 0.233. The molecule has 1 fully saturated rings. The van der Waals surface area contributed by atoms with Crippen molar-refractivity contribution in [1.82, 2.24) is 5.32 Å². The molecule has 0 heterocycles. The van der Waals surface area contributed by atoms with E-state index in [4.69, 9.17) is 14.2 Å². The van der Waals surface area contributed by atoms with E-state index in [9.17, 15) is 4.79 Å². The second-order valence-corrected chi connectivity index (χ2v) is 5.03. The van der Waals surface area contributed by atoms with Crippen LogP contribution in [0.2, 0.25) is 0 Å². The zero-order valence-electron chi connectivity index (χ0n) is 12.6. The fourth-order valence-corrected chi connectivity index (χ4v) is 2.08. The van der Waals surface area contributed by atoms with Crippen molar-refractivity contribution in [2.75, 3.05) is 20.3 Å². The number of carbonyl (C=O) groups is 1. The van der Waals surface area contributed by atoms with Crippen molar-refractivity contribution in [2.45, 2.75) is 38.3 Å². The molecular weight excluding hydrogens is 270 g/mol. The van der Waals surface area contributed by atoms with Crippen LogP contribution in [0.25, 0.3) is 0 Å². The summed E-state index contributed by atoms with van der Waals surface area (Å²) >= 11 is 0. The predicted octanol–water partition coefficient (Wildman–Crippen LogP) is 2.15. The van der Waals surface area contributed by atoms with Gasteiger partial charge in [-0.1, -0.05) is 12.1 Å². The number of ether oxygens (including phenoxy) is 3. The lowest BCUT2D eigenvalue weighted by Crippen LogP contribution is -2.40. The van der Waals surface area contributed by atoms with Crippen LogP contribution in [0.4, 0.5) is 0 Å². The van der Waals surface area contributed by atoms with E-state index in [-0.39, 0.29) is 12.0 Å². The molecule has 1 N–H and O–H groups in total. The highest BCUT2D eigenvalue weighted by molar-refractivity contribution is 5.75. The van der Waals surface area contributed by atoms with Crippen LogP contribution in [0, 0.1) is 0 Å². The van der Waals surface area contributed by atoms with E-state index in [1.54, 1.807) is 0 Å². The first-order chi connectivity index (χ1) is 10.2. The van der Waals surface area contributed by atoms with Crippen molar-refractivity contribution >= 4 is 5.97 Å². The molecule has 1 atom stereocenters. The molecule has 5 heteroatoms. The van der Waals surface area contributed by atoms with Crippen molar-refractivity contribution in [2.24, 2.45) is 0 Å². The van der Waals surface area contributed by atoms with Gasteiger partial charge in [0.05, 0.1) is 20.3 Å². The highest BCUT2D eigenvalue weighted by Crippen LogP contribution is 2.26. The molecule has 0 radical (unpaired) electrons. The van der Waals surface area contributed by atoms with Gasteiger partial charge in [-0.05, 0) is 31.9 Å². The number of hydrogen-bond acceptors (Lipinski definition) is 5. The summed E-state index contributed by atoms with van der Waals surface area (Å²) in [7, 11) is 1.41. The molecule has 0 aliphatic heterocycles. The minimum Gasteiger partial charge on any atom is -0.490 e. The van der Waals surface area contributed by atoms with E-state index in [1.807, 2.05) is 31.2 Å². The number of nitrogens with one attached hydrogen (secondary N) is 1. The predicted molar refractivity (Wildman–Crippen MR) is 79.7 cm³/mol. The van der Waals surface area contributed by atoms with Gasteiger partial charge in [0.15, 0.2) is 11.5 Å². The second kappa shape index (κ2) is 7.88. The molecule has 0 spiro atoms. The molecule has 1 aromatic carbocycles. The highest BCUT2D eigenvalue weighted by atomic mass is 16.5. The standard InChI is InChI=1S/C16H23NO4/c1-3-20-14-6-4-5-7-15(14)21-11-10-13(16(18)19-2)17-12-8-9-12/h4-7,12-13,17H,3,8-11H2,1-2H3. The third kappa shape index (κ3) is 4.93. The van der Waals surface area contributed by atoms with Gasteiger partial charge in [-0.25, -0.2) is 0 Å². The van der Waals surface area contributed by atoms with Crippen LogP contribution < -0.4 is 14.8 Å². The summed E-state index contributed by atoms with van der Waals surface area (Å²) in [5.41, 5.74) is 0. The molecule has 116 valence electrons. The maximum absolute atomic E-state index is 11.7. The fraction of sp³-hybridized carbons (Fsp3) is 0.562. The van der Waals surface area contributed by atoms with Gasteiger partial charge in [0.25, 0.3) is 0 Å². The van der Waals surface area contributed by atoms with Crippen LogP contribution >= 0.6 is 0 Å². The average molecular weight is 293 g/mol. The number of rotatable bonds is 9. The third-order valence-electron chi connectivity index (χ3n) is 3.31. The molecular formula is C16H23NO4. The Balaban J connectivity index is 1.84. The lowest BCUT2D eigenvalue weighted by atomic mass is 10.2. The van der Waals surface area contributed by atoms with Crippen LogP contribution in [-0.2, 0) is 9.53 Å². The smallest absolute Gasteiger partial charge is 0.322 e. The largest absolute Gasteiger partial charge is 0.490 e. The molecule has 1 unspecified atom stereocenters. The van der Waals surface area contributed by atoms with Crippen LogP contribution in [-0.4, -0.2) is 38.4 Å². The maximum atomic E-state index is 11.7. The lowest BCUT2D eigenvalue weighted by Gasteiger charge is -2.17. The summed E-state index contributed by atoms with van der Waals surface area (Å²) in [5.74, 6) is 1.20. The zero-order chi connectivity index (χ0) is 15.1. The van der Waals surface area contributed by atoms with E-state index in [2.05, 4.69) is 5.32 Å². The Morgan fingerprint density at radius 1 is 1.29 bits per heavy atom. The Labute approximate surface area is 125 Å². The maximum Gasteiger partial charge on any atom is 0.322 e. The number of para-hydroxylation sites is 2. The summed E-state index contributed by atoms with van der Waals surface area (Å²) < 4.78 is 16.1. The molecule has 5 nitrogen and oxygen atoms in total. The van der Waals surface area contributed by atoms with Crippen LogP contribution in [0.1, 0.15) is 26.2 Å². The number of carbonyl (C=O) groups excluding carboxylic acids is 1. The zero-order valence-corrected chi connectivity index (χ0v) is 12.6. The Bertz CT molecular complexity index is 459. The first kappa shape index (κ1) is 15.6. The quantitative estimate of drug-likeness (QED) is 0.707. The van der Waals surface area contributed by atoms with Crippen LogP contribution in [0.15, 0.2) is 24.3 Å². The number of esters is 1. The molecule has 0 saturated heterocycles. The fourth-order valence-electron chi connectivity index (χ4n) is 2.08. The van der Waals surface area contributed by atoms with Crippen molar-refractivity contribution in [3.05, 3.63) is 24.3 Å². The van der Waals surface area contributed by atoms with E-state index in [0.717, 1.165) is 18.6 Å². The van der Waals surface area contributed by atoms with E-state index >= 15 is 0 Å². The highest BCUT2D eigenvalue weighted by Gasteiger charge is 2.28. The topological polar surface area (TPSA) is 56.8 Å². The van der Waals surface area contributed by atoms with E-state index in [1.165, 1.54) is 7.11 Å². The molecule has 1 aliphatic rings. The van der Waals surface area contributed by atoms with Gasteiger partial charge in [0.2, 0.25) is 0 Å². The summed E-state index contributed by atoms with van der Waals surface area (Å²) in [6.07, 6.45) is 2.83. The van der Waals surface area contributed by atoms with Gasteiger partial charge in [-0.3, -0.25) is 4.79 Å². The Morgan fingerprint density at radius 3 is 2.52 bits per heavy atom. The van der Waals surface area contributed by atoms with Crippen molar-refractivity contribution < 1.29 is 19.0 Å². The van der Waals surface area contributed by atoms with Crippen molar-refractivity contribution in [3.63, 3.8) is 0 Å². The van der Waals surface area contributed by atoms with Crippen LogP contribution in [0.5, 0.6) is 11.5 Å². The minimum atomic E-state index is -0.304. The first-order valence-electron chi connectivity index (χ1n) is 7.43. The third-order valence-corrected chi connectivity index (χ3v) is 3.31. The monoisotopic (exact) mass is 293 g/mol. The van der Waals surface area contributed by atoms with E-state index < -0.39 is 0 Å². The molecule has 0 amide bonds. The van der Waals surface area contributed by atoms with Gasteiger partial charge >= 0.3 is 5.97 Å². The van der Waals surface area contributed by atoms with Gasteiger partial charge < -0.3 is 19.5 Å². The van der Waals surface area contributed by atoms with Gasteiger partial charge in [0, 0.05) is 12.5 Å². The van der Waals surface area contributed by atoms with Gasteiger partial charge in [-0.15, -0.1) is 0 Å². The molecule has 2 rings (SSSR count). The van der Waals surface area contributed by atoms with Crippen LogP contribution in [0.3, 0.4) is 0 Å². The Kier molecular flexibility index (Phi) is 5.87. The van der Waals surface area contributed by atoms with Gasteiger partial charge in [-0.2, -0.15) is 0 Å². The van der Waals surface area contributed by atoms with E-state index in [0.29, 0.717) is 31.4 Å². The Hall–Kier alpha value is -1.75. The van der Waals surface area contributed by atoms with Crippen molar-refractivity contribution in [1.29, 1.82) is 0 Å². The molecule has 1 aliphatic carbocycles. The number of methoxy groups -OCH3 is 1. The molecule has 21 heavy (non-hydrogen) atoms. The Morgan fingerprint density at radius 2 is 1.95 bits per heavy atom. The molecule has 1 saturated carbocycles. The summed E-state index contributed by atoms with van der Waals surface area (Å²) in [6, 6.07) is 7.69. The lowest BCUT2D eigenvalue weighted by molar-refractivity contribution is -0.143. The summed E-state index contributed by atoms with van der Waals surface area (Å²) in [5, 5.41) is 3.28. The number of benzene rings is 1. The summed E-state index contributed by atoms with van der Waals surface area (Å²) in [6.45, 7) is 2.96. The second-order valence-electron chi connectivity index (χ2n) is 5.03. The molecule has 1 aromatic rings. The van der Waals surface area contributed by atoms with Gasteiger partial charge in [0.1, 0.15) is 6.04 Å². The normalized spacial score (nSPS) is 15.3. The SMILES string of the molecule is CCOc1ccccc1OCCC(NC1CC1)C(=O)OC. The molecule has 0 bridgehead atoms.